The first-order valence-electron chi connectivity index (χ1n) is 11.7. The first-order chi connectivity index (χ1) is 17.2. The van der Waals surface area contributed by atoms with Gasteiger partial charge in [-0.15, -0.1) is 0 Å². The fourth-order valence-corrected chi connectivity index (χ4v) is 5.00. The zero-order valence-corrected chi connectivity index (χ0v) is 22.0. The molecule has 0 saturated heterocycles. The van der Waals surface area contributed by atoms with Crippen molar-refractivity contribution in [1.82, 2.24) is 14.3 Å². The van der Waals surface area contributed by atoms with E-state index in [1.54, 1.807) is 36.4 Å². The number of unbranched alkanes of at least 4 members (excludes halogenated alkanes) is 1. The SMILES string of the molecule is CCCCOc1ccc(Cn2c(C)nc3ccc(C(=O)NS(=O)(=O)c4ccc(C)cc4)cc32)c(Cl)c1. The average molecular weight is 526 g/mol. The maximum Gasteiger partial charge on any atom is 0.265 e. The van der Waals surface area contributed by atoms with Crippen molar-refractivity contribution in [1.29, 1.82) is 0 Å². The summed E-state index contributed by atoms with van der Waals surface area (Å²) < 4.78 is 35.2. The second-order valence-electron chi connectivity index (χ2n) is 8.65. The highest BCUT2D eigenvalue weighted by Crippen LogP contribution is 2.26. The molecule has 0 fully saturated rings. The van der Waals surface area contributed by atoms with E-state index in [0.29, 0.717) is 29.2 Å². The van der Waals surface area contributed by atoms with E-state index in [4.69, 9.17) is 16.3 Å². The van der Waals surface area contributed by atoms with Crippen molar-refractivity contribution in [3.8, 4) is 5.75 Å². The fourth-order valence-electron chi connectivity index (χ4n) is 3.79. The molecule has 7 nitrogen and oxygen atoms in total. The number of imidazole rings is 1. The number of amides is 1. The molecule has 188 valence electrons. The zero-order valence-electron chi connectivity index (χ0n) is 20.4. The summed E-state index contributed by atoms with van der Waals surface area (Å²) in [4.78, 5) is 17.5. The number of carbonyl (C=O) groups is 1. The summed E-state index contributed by atoms with van der Waals surface area (Å²) in [6.07, 6.45) is 2.03. The van der Waals surface area contributed by atoms with E-state index < -0.39 is 15.9 Å². The van der Waals surface area contributed by atoms with Crippen LogP contribution in [0.15, 0.2) is 65.6 Å². The Hall–Kier alpha value is -3.36. The van der Waals surface area contributed by atoms with Crippen LogP contribution in [0.25, 0.3) is 11.0 Å². The number of hydrogen-bond acceptors (Lipinski definition) is 5. The Morgan fingerprint density at radius 1 is 1.06 bits per heavy atom. The van der Waals surface area contributed by atoms with Gasteiger partial charge in [0.1, 0.15) is 11.6 Å². The summed E-state index contributed by atoms with van der Waals surface area (Å²) in [5.74, 6) is 0.752. The van der Waals surface area contributed by atoms with Gasteiger partial charge in [0, 0.05) is 10.6 Å². The van der Waals surface area contributed by atoms with Gasteiger partial charge in [-0.1, -0.05) is 48.7 Å². The summed E-state index contributed by atoms with van der Waals surface area (Å²) in [5.41, 5.74) is 3.41. The maximum atomic E-state index is 12.9. The van der Waals surface area contributed by atoms with Crippen molar-refractivity contribution >= 4 is 38.6 Å². The van der Waals surface area contributed by atoms with Crippen molar-refractivity contribution < 1.29 is 17.9 Å². The second kappa shape index (κ2) is 10.7. The van der Waals surface area contributed by atoms with E-state index in [0.717, 1.165) is 35.5 Å². The zero-order chi connectivity index (χ0) is 25.9. The third-order valence-corrected chi connectivity index (χ3v) is 7.58. The highest BCUT2D eigenvalue weighted by Gasteiger charge is 2.20. The van der Waals surface area contributed by atoms with E-state index >= 15 is 0 Å². The van der Waals surface area contributed by atoms with Crippen LogP contribution in [0.3, 0.4) is 0 Å². The topological polar surface area (TPSA) is 90.3 Å². The molecule has 0 aliphatic carbocycles. The number of sulfonamides is 1. The number of ether oxygens (including phenoxy) is 1. The van der Waals surface area contributed by atoms with Gasteiger partial charge in [-0.05, 0) is 68.3 Å². The minimum atomic E-state index is -4.00. The van der Waals surface area contributed by atoms with Crippen LogP contribution in [0.4, 0.5) is 0 Å². The molecule has 0 atom stereocenters. The first-order valence-corrected chi connectivity index (χ1v) is 13.6. The molecule has 0 aliphatic heterocycles. The first kappa shape index (κ1) is 25.7. The highest BCUT2D eigenvalue weighted by molar-refractivity contribution is 7.90. The number of nitrogens with zero attached hydrogens (tertiary/aromatic N) is 2. The van der Waals surface area contributed by atoms with Crippen LogP contribution in [0.1, 0.15) is 47.1 Å². The number of rotatable bonds is 9. The number of halogens is 1. The van der Waals surface area contributed by atoms with Crippen LogP contribution >= 0.6 is 11.6 Å². The molecule has 36 heavy (non-hydrogen) atoms. The Morgan fingerprint density at radius 2 is 1.81 bits per heavy atom. The number of hydrogen-bond donors (Lipinski definition) is 1. The Bertz CT molecular complexity index is 1510. The Labute approximate surface area is 216 Å². The lowest BCUT2D eigenvalue weighted by atomic mass is 10.1. The van der Waals surface area contributed by atoms with Crippen LogP contribution in [0.5, 0.6) is 5.75 Å². The Balaban J connectivity index is 1.58. The molecule has 1 N–H and O–H groups in total. The van der Waals surface area contributed by atoms with E-state index in [-0.39, 0.29) is 10.5 Å². The van der Waals surface area contributed by atoms with Gasteiger partial charge in [0.05, 0.1) is 29.1 Å². The molecule has 0 radical (unpaired) electrons. The maximum absolute atomic E-state index is 12.9. The van der Waals surface area contributed by atoms with Crippen molar-refractivity contribution in [2.75, 3.05) is 6.61 Å². The predicted octanol–water partition coefficient (Wildman–Crippen LogP) is 5.65. The number of aryl methyl sites for hydroxylation is 2. The van der Waals surface area contributed by atoms with Gasteiger partial charge in [0.2, 0.25) is 0 Å². The number of carbonyl (C=O) groups excluding carboxylic acids is 1. The van der Waals surface area contributed by atoms with Crippen LogP contribution < -0.4 is 9.46 Å². The Morgan fingerprint density at radius 3 is 2.50 bits per heavy atom. The molecule has 1 aromatic heterocycles. The lowest BCUT2D eigenvalue weighted by Gasteiger charge is -2.12. The molecular weight excluding hydrogens is 498 g/mol. The summed E-state index contributed by atoms with van der Waals surface area (Å²) >= 11 is 6.54. The van der Waals surface area contributed by atoms with Crippen molar-refractivity contribution in [2.24, 2.45) is 0 Å². The van der Waals surface area contributed by atoms with Crippen LogP contribution in [0, 0.1) is 13.8 Å². The average Bonchev–Trinajstić information content (AvgIpc) is 3.15. The van der Waals surface area contributed by atoms with E-state index in [9.17, 15) is 13.2 Å². The molecule has 9 heteroatoms. The standard InChI is InChI=1S/C27H28ClN3O4S/c1-4-5-14-35-22-10-8-21(24(28)16-22)17-31-19(3)29-25-13-9-20(15-26(25)31)27(32)30-36(33,34)23-11-6-18(2)7-12-23/h6-13,15-16H,4-5,14,17H2,1-3H3,(H,30,32). The summed E-state index contributed by atoms with van der Waals surface area (Å²) in [7, 11) is -4.00. The quantitative estimate of drug-likeness (QED) is 0.285. The Kier molecular flexibility index (Phi) is 7.66. The van der Waals surface area contributed by atoms with E-state index in [1.165, 1.54) is 12.1 Å². The molecule has 1 heterocycles. The van der Waals surface area contributed by atoms with Gasteiger partial charge in [-0.3, -0.25) is 4.79 Å². The van der Waals surface area contributed by atoms with Crippen LogP contribution in [0.2, 0.25) is 5.02 Å². The van der Waals surface area contributed by atoms with Gasteiger partial charge in [-0.25, -0.2) is 18.1 Å². The third kappa shape index (κ3) is 5.71. The molecule has 0 unspecified atom stereocenters. The largest absolute Gasteiger partial charge is 0.494 e. The van der Waals surface area contributed by atoms with Crippen molar-refractivity contribution in [3.05, 3.63) is 88.2 Å². The molecule has 0 aliphatic rings. The number of benzene rings is 3. The smallest absolute Gasteiger partial charge is 0.265 e. The third-order valence-electron chi connectivity index (χ3n) is 5.88. The summed E-state index contributed by atoms with van der Waals surface area (Å²) in [5, 5.41) is 0.573. The second-order valence-corrected chi connectivity index (χ2v) is 10.7. The molecule has 0 bridgehead atoms. The highest BCUT2D eigenvalue weighted by atomic mass is 35.5. The minimum absolute atomic E-state index is 0.0279. The molecule has 0 spiro atoms. The van der Waals surface area contributed by atoms with Gasteiger partial charge >= 0.3 is 0 Å². The summed E-state index contributed by atoms with van der Waals surface area (Å²) in [6.45, 7) is 6.91. The number of aromatic nitrogens is 2. The molecule has 3 aromatic carbocycles. The fraction of sp³-hybridized carbons (Fsp3) is 0.259. The van der Waals surface area contributed by atoms with Crippen molar-refractivity contribution in [3.63, 3.8) is 0 Å². The monoisotopic (exact) mass is 525 g/mol. The summed E-state index contributed by atoms with van der Waals surface area (Å²) in [6, 6.07) is 16.8. The molecular formula is C27H28ClN3O4S. The van der Waals surface area contributed by atoms with Gasteiger partial charge in [-0.2, -0.15) is 0 Å². The number of nitrogens with one attached hydrogen (secondary N) is 1. The lowest BCUT2D eigenvalue weighted by molar-refractivity contribution is 0.0981. The molecule has 1 amide bonds. The molecule has 0 saturated carbocycles. The normalized spacial score (nSPS) is 11.6. The lowest BCUT2D eigenvalue weighted by Crippen LogP contribution is -2.30. The van der Waals surface area contributed by atoms with E-state index in [1.807, 2.05) is 30.5 Å². The number of fused-ring (bicyclic) bond motifs is 1. The van der Waals surface area contributed by atoms with Gasteiger partial charge in [0.15, 0.2) is 0 Å². The molecule has 4 rings (SSSR count). The van der Waals surface area contributed by atoms with Crippen molar-refractivity contribution in [2.45, 2.75) is 45.1 Å². The van der Waals surface area contributed by atoms with Crippen LogP contribution in [-0.2, 0) is 16.6 Å². The van der Waals surface area contributed by atoms with Gasteiger partial charge < -0.3 is 9.30 Å². The predicted molar refractivity (Wildman–Crippen MR) is 141 cm³/mol. The van der Waals surface area contributed by atoms with Crippen LogP contribution in [-0.4, -0.2) is 30.5 Å². The van der Waals surface area contributed by atoms with E-state index in [2.05, 4.69) is 16.6 Å². The molecule has 4 aromatic rings. The van der Waals surface area contributed by atoms with Gasteiger partial charge in [0.25, 0.3) is 15.9 Å². The minimum Gasteiger partial charge on any atom is -0.494 e.